The van der Waals surface area contributed by atoms with Gasteiger partial charge in [0.15, 0.2) is 0 Å². The van der Waals surface area contributed by atoms with Crippen LogP contribution in [-0.4, -0.2) is 24.2 Å². The van der Waals surface area contributed by atoms with Gasteiger partial charge in [-0.2, -0.15) is 0 Å². The highest BCUT2D eigenvalue weighted by Crippen LogP contribution is 1.89. The molecule has 0 aliphatic carbocycles. The van der Waals surface area contributed by atoms with Crippen LogP contribution in [0, 0.1) is 0 Å². The van der Waals surface area contributed by atoms with Crippen molar-refractivity contribution >= 4 is 22.6 Å². The zero-order chi connectivity index (χ0) is 6.95. The SMILES string of the molecule is NCCCOCCCI. The number of ether oxygens (including phenoxy) is 1. The summed E-state index contributed by atoms with van der Waals surface area (Å²) in [7, 11) is 0. The summed E-state index contributed by atoms with van der Waals surface area (Å²) < 4.78 is 6.41. The predicted octanol–water partition coefficient (Wildman–Crippen LogP) is 1.18. The van der Waals surface area contributed by atoms with Gasteiger partial charge in [-0.1, -0.05) is 22.6 Å². The number of rotatable bonds is 6. The van der Waals surface area contributed by atoms with Gasteiger partial charge in [-0.15, -0.1) is 0 Å². The minimum atomic E-state index is 0.740. The fourth-order valence-electron chi connectivity index (χ4n) is 0.444. The summed E-state index contributed by atoms with van der Waals surface area (Å²) in [5, 5.41) is 0. The summed E-state index contributed by atoms with van der Waals surface area (Å²) in [6, 6.07) is 0. The number of nitrogens with two attached hydrogens (primary N) is 1. The molecule has 0 aromatic heterocycles. The largest absolute Gasteiger partial charge is 0.381 e. The van der Waals surface area contributed by atoms with Crippen molar-refractivity contribution < 1.29 is 4.74 Å². The van der Waals surface area contributed by atoms with Crippen LogP contribution in [0.5, 0.6) is 0 Å². The molecule has 0 aromatic rings. The summed E-state index contributed by atoms with van der Waals surface area (Å²) in [5.41, 5.74) is 5.26. The van der Waals surface area contributed by atoms with Crippen LogP contribution in [-0.2, 0) is 4.74 Å². The monoisotopic (exact) mass is 243 g/mol. The first-order valence-corrected chi connectivity index (χ1v) is 4.78. The van der Waals surface area contributed by atoms with E-state index in [1.165, 1.54) is 4.43 Å². The van der Waals surface area contributed by atoms with Crippen molar-refractivity contribution in [1.29, 1.82) is 0 Å². The molecule has 0 rings (SSSR count). The fourth-order valence-corrected chi connectivity index (χ4v) is 0.755. The molecular weight excluding hydrogens is 229 g/mol. The molecule has 0 bridgehead atoms. The first-order valence-electron chi connectivity index (χ1n) is 3.25. The maximum atomic E-state index is 5.26. The van der Waals surface area contributed by atoms with Crippen LogP contribution in [0.15, 0.2) is 0 Å². The predicted molar refractivity (Wildman–Crippen MR) is 48.0 cm³/mol. The van der Waals surface area contributed by atoms with Crippen molar-refractivity contribution in [3.05, 3.63) is 0 Å². The Hall–Kier alpha value is 0.650. The highest BCUT2D eigenvalue weighted by atomic mass is 127. The van der Waals surface area contributed by atoms with Crippen LogP contribution < -0.4 is 5.73 Å². The molecule has 0 heterocycles. The molecular formula is C6H14INO. The van der Waals surface area contributed by atoms with Gasteiger partial charge in [-0.05, 0) is 19.4 Å². The van der Waals surface area contributed by atoms with E-state index < -0.39 is 0 Å². The van der Waals surface area contributed by atoms with E-state index in [-0.39, 0.29) is 0 Å². The van der Waals surface area contributed by atoms with Gasteiger partial charge in [-0.25, -0.2) is 0 Å². The van der Waals surface area contributed by atoms with E-state index in [4.69, 9.17) is 10.5 Å². The first-order chi connectivity index (χ1) is 4.41. The molecule has 2 nitrogen and oxygen atoms in total. The van der Waals surface area contributed by atoms with Crippen LogP contribution in [0.4, 0.5) is 0 Å². The Kier molecular flexibility index (Phi) is 9.27. The second-order valence-electron chi connectivity index (χ2n) is 1.80. The van der Waals surface area contributed by atoms with Gasteiger partial charge in [0.2, 0.25) is 0 Å². The molecule has 0 saturated carbocycles. The van der Waals surface area contributed by atoms with Crippen molar-refractivity contribution in [2.75, 3.05) is 24.2 Å². The summed E-state index contributed by atoms with van der Waals surface area (Å²) >= 11 is 2.34. The highest BCUT2D eigenvalue weighted by Gasteiger charge is 1.85. The van der Waals surface area contributed by atoms with Crippen LogP contribution in [0.2, 0.25) is 0 Å². The number of halogens is 1. The molecule has 0 aliphatic heterocycles. The highest BCUT2D eigenvalue weighted by molar-refractivity contribution is 14.1. The Balaban J connectivity index is 2.60. The average Bonchev–Trinajstić information content (AvgIpc) is 1.89. The number of hydrogen-bond donors (Lipinski definition) is 1. The maximum absolute atomic E-state index is 5.26. The second kappa shape index (κ2) is 8.65. The lowest BCUT2D eigenvalue weighted by Gasteiger charge is -1.99. The zero-order valence-corrected chi connectivity index (χ0v) is 7.76. The van der Waals surface area contributed by atoms with Gasteiger partial charge in [0.25, 0.3) is 0 Å². The van der Waals surface area contributed by atoms with Crippen LogP contribution >= 0.6 is 22.6 Å². The maximum Gasteiger partial charge on any atom is 0.0478 e. The average molecular weight is 243 g/mol. The van der Waals surface area contributed by atoms with Crippen LogP contribution in [0.3, 0.4) is 0 Å². The molecule has 0 aromatic carbocycles. The van der Waals surface area contributed by atoms with Gasteiger partial charge in [0.1, 0.15) is 0 Å². The van der Waals surface area contributed by atoms with Gasteiger partial charge >= 0.3 is 0 Å². The van der Waals surface area contributed by atoms with E-state index in [1.54, 1.807) is 0 Å². The van der Waals surface area contributed by atoms with E-state index in [0.29, 0.717) is 0 Å². The molecule has 0 spiro atoms. The van der Waals surface area contributed by atoms with Crippen molar-refractivity contribution in [3.8, 4) is 0 Å². The molecule has 3 heteroatoms. The summed E-state index contributed by atoms with van der Waals surface area (Å²) in [5.74, 6) is 0. The van der Waals surface area contributed by atoms with E-state index in [1.807, 2.05) is 0 Å². The molecule has 9 heavy (non-hydrogen) atoms. The van der Waals surface area contributed by atoms with Gasteiger partial charge in [-0.3, -0.25) is 0 Å². The normalized spacial score (nSPS) is 10.0. The third kappa shape index (κ3) is 8.65. The molecule has 2 N–H and O–H groups in total. The van der Waals surface area contributed by atoms with Gasteiger partial charge in [0, 0.05) is 17.6 Å². The summed E-state index contributed by atoms with van der Waals surface area (Å²) in [4.78, 5) is 0. The number of hydrogen-bond acceptors (Lipinski definition) is 2. The Morgan fingerprint density at radius 2 is 1.89 bits per heavy atom. The quantitative estimate of drug-likeness (QED) is 0.432. The first kappa shape index (κ1) is 9.65. The molecule has 56 valence electrons. The van der Waals surface area contributed by atoms with E-state index in [0.717, 1.165) is 32.6 Å². The molecule has 0 saturated heterocycles. The molecule has 0 unspecified atom stereocenters. The van der Waals surface area contributed by atoms with Crippen LogP contribution in [0.1, 0.15) is 12.8 Å². The molecule has 0 fully saturated rings. The Morgan fingerprint density at radius 1 is 1.22 bits per heavy atom. The zero-order valence-electron chi connectivity index (χ0n) is 5.61. The Bertz CT molecular complexity index is 46.3. The minimum Gasteiger partial charge on any atom is -0.381 e. The third-order valence-corrected chi connectivity index (χ3v) is 1.68. The lowest BCUT2D eigenvalue weighted by molar-refractivity contribution is 0.135. The topological polar surface area (TPSA) is 35.2 Å². The van der Waals surface area contributed by atoms with Crippen LogP contribution in [0.25, 0.3) is 0 Å². The molecule has 0 amide bonds. The smallest absolute Gasteiger partial charge is 0.0478 e. The van der Waals surface area contributed by atoms with Gasteiger partial charge < -0.3 is 10.5 Å². The summed E-state index contributed by atoms with van der Waals surface area (Å²) in [6.07, 6.45) is 2.15. The summed E-state index contributed by atoms with van der Waals surface area (Å²) in [6.45, 7) is 2.46. The fraction of sp³-hybridized carbons (Fsp3) is 1.00. The minimum absolute atomic E-state index is 0.740. The standard InChI is InChI=1S/C6H14INO/c7-3-1-5-9-6-2-4-8/h1-6,8H2. The van der Waals surface area contributed by atoms with Crippen molar-refractivity contribution in [2.45, 2.75) is 12.8 Å². The molecule has 0 aliphatic rings. The van der Waals surface area contributed by atoms with E-state index >= 15 is 0 Å². The molecule has 0 atom stereocenters. The Morgan fingerprint density at radius 3 is 2.44 bits per heavy atom. The van der Waals surface area contributed by atoms with E-state index in [9.17, 15) is 0 Å². The Labute approximate surface area is 70.3 Å². The van der Waals surface area contributed by atoms with Crippen molar-refractivity contribution in [1.82, 2.24) is 0 Å². The lowest BCUT2D eigenvalue weighted by Crippen LogP contribution is -2.05. The number of alkyl halides is 1. The van der Waals surface area contributed by atoms with E-state index in [2.05, 4.69) is 22.6 Å². The van der Waals surface area contributed by atoms with Crippen molar-refractivity contribution in [2.24, 2.45) is 5.73 Å². The molecule has 0 radical (unpaired) electrons. The van der Waals surface area contributed by atoms with Crippen molar-refractivity contribution in [3.63, 3.8) is 0 Å². The lowest BCUT2D eigenvalue weighted by atomic mass is 10.4. The second-order valence-corrected chi connectivity index (χ2v) is 2.88. The van der Waals surface area contributed by atoms with Gasteiger partial charge in [0.05, 0.1) is 0 Å². The third-order valence-electron chi connectivity index (χ3n) is 0.915.